The maximum atomic E-state index is 13.7. The number of likely N-dealkylation sites (tertiary alicyclic amines) is 1. The van der Waals surface area contributed by atoms with E-state index in [2.05, 4.69) is 5.32 Å². The minimum absolute atomic E-state index is 0. The Morgan fingerprint density at radius 2 is 1.91 bits per heavy atom. The number of aliphatic hydroxyl groups excluding tert-OH is 1. The molecule has 34 heavy (non-hydrogen) atoms. The van der Waals surface area contributed by atoms with Gasteiger partial charge in [-0.3, -0.25) is 9.69 Å². The second kappa shape index (κ2) is 12.0. The van der Waals surface area contributed by atoms with Gasteiger partial charge in [-0.25, -0.2) is 8.78 Å². The summed E-state index contributed by atoms with van der Waals surface area (Å²) in [4.78, 5) is 14.5. The van der Waals surface area contributed by atoms with Crippen LogP contribution in [0, 0.1) is 5.82 Å². The molecule has 9 heteroatoms. The van der Waals surface area contributed by atoms with Crippen molar-refractivity contribution in [3.63, 3.8) is 0 Å². The number of hydrogen-bond acceptors (Lipinski definition) is 6. The fourth-order valence-corrected chi connectivity index (χ4v) is 4.00. The van der Waals surface area contributed by atoms with Crippen molar-refractivity contribution in [3.05, 3.63) is 53.8 Å². The standard InChI is InChI=1S/C24H28F2N2O5.CH4/c25-17-2-4-19(5-3-17)31-10-8-23(29)27-20(15-28-9-7-18(26)14-28)24(30)16-1-6-21-22(13-16)33-12-11-32-21;/h1-6,13,18,20,24,30H,7-12,14-15H2,(H,27,29);1H4/t18-,20-,24-;/m1./s1. The summed E-state index contributed by atoms with van der Waals surface area (Å²) in [5.74, 6) is 0.933. The van der Waals surface area contributed by atoms with E-state index in [1.807, 2.05) is 4.90 Å². The maximum absolute atomic E-state index is 13.7. The van der Waals surface area contributed by atoms with Gasteiger partial charge in [-0.2, -0.15) is 0 Å². The quantitative estimate of drug-likeness (QED) is 0.576. The number of nitrogens with zero attached hydrogens (tertiary/aromatic N) is 1. The molecule has 3 atom stereocenters. The molecule has 2 heterocycles. The largest absolute Gasteiger partial charge is 0.493 e. The van der Waals surface area contributed by atoms with E-state index in [0.717, 1.165) is 0 Å². The van der Waals surface area contributed by atoms with Crippen LogP contribution in [0.25, 0.3) is 0 Å². The van der Waals surface area contributed by atoms with Crippen molar-refractivity contribution >= 4 is 5.91 Å². The molecule has 1 amide bonds. The zero-order chi connectivity index (χ0) is 23.2. The summed E-state index contributed by atoms with van der Waals surface area (Å²) in [5.41, 5.74) is 0.572. The molecule has 0 aromatic heterocycles. The van der Waals surface area contributed by atoms with Crippen LogP contribution >= 0.6 is 0 Å². The predicted molar refractivity (Wildman–Crippen MR) is 124 cm³/mol. The van der Waals surface area contributed by atoms with E-state index < -0.39 is 18.3 Å². The third kappa shape index (κ3) is 6.80. The normalized spacial score (nSPS) is 19.1. The number of rotatable bonds is 9. The van der Waals surface area contributed by atoms with Gasteiger partial charge in [0.05, 0.1) is 19.1 Å². The summed E-state index contributed by atoms with van der Waals surface area (Å²) in [6.07, 6.45) is -1.45. The molecule has 2 aromatic rings. The minimum Gasteiger partial charge on any atom is -0.493 e. The second-order valence-corrected chi connectivity index (χ2v) is 8.22. The number of benzene rings is 2. The van der Waals surface area contributed by atoms with Crippen LogP contribution in [0.3, 0.4) is 0 Å². The van der Waals surface area contributed by atoms with Crippen LogP contribution in [0.4, 0.5) is 8.78 Å². The molecule has 1 saturated heterocycles. The minimum atomic E-state index is -1.03. The lowest BCUT2D eigenvalue weighted by molar-refractivity contribution is -0.123. The Balaban J connectivity index is 0.00000324. The van der Waals surface area contributed by atoms with E-state index in [-0.39, 0.29) is 38.7 Å². The lowest BCUT2D eigenvalue weighted by atomic mass is 10.0. The summed E-state index contributed by atoms with van der Waals surface area (Å²) in [7, 11) is 0. The number of ether oxygens (including phenoxy) is 3. The first-order valence-electron chi connectivity index (χ1n) is 11.1. The van der Waals surface area contributed by atoms with Gasteiger partial charge in [0.25, 0.3) is 0 Å². The lowest BCUT2D eigenvalue weighted by Crippen LogP contribution is -2.47. The maximum Gasteiger partial charge on any atom is 0.223 e. The van der Waals surface area contributed by atoms with E-state index in [4.69, 9.17) is 14.2 Å². The predicted octanol–water partition coefficient (Wildman–Crippen LogP) is 3.26. The number of carbonyl (C=O) groups excluding carboxylic acids is 1. The average Bonchev–Trinajstić information content (AvgIpc) is 3.23. The molecule has 0 spiro atoms. The van der Waals surface area contributed by atoms with Crippen LogP contribution in [0.1, 0.15) is 31.9 Å². The molecule has 1 fully saturated rings. The Hall–Kier alpha value is -2.91. The first-order chi connectivity index (χ1) is 16.0. The number of carbonyl (C=O) groups is 1. The van der Waals surface area contributed by atoms with Crippen molar-refractivity contribution in [3.8, 4) is 17.2 Å². The van der Waals surface area contributed by atoms with Crippen LogP contribution in [0.2, 0.25) is 0 Å². The van der Waals surface area contributed by atoms with E-state index in [1.165, 1.54) is 24.3 Å². The van der Waals surface area contributed by atoms with E-state index in [1.54, 1.807) is 18.2 Å². The van der Waals surface area contributed by atoms with E-state index in [0.29, 0.717) is 55.5 Å². The Bertz CT molecular complexity index is 943. The lowest BCUT2D eigenvalue weighted by Gasteiger charge is -2.29. The first kappa shape index (κ1) is 25.7. The monoisotopic (exact) mass is 478 g/mol. The van der Waals surface area contributed by atoms with Crippen LogP contribution in [-0.2, 0) is 4.79 Å². The van der Waals surface area contributed by atoms with Gasteiger partial charge >= 0.3 is 0 Å². The number of alkyl halides is 1. The molecule has 0 bridgehead atoms. The molecule has 2 aromatic carbocycles. The molecule has 2 aliphatic heterocycles. The third-order valence-electron chi connectivity index (χ3n) is 5.72. The zero-order valence-corrected chi connectivity index (χ0v) is 18.2. The van der Waals surface area contributed by atoms with E-state index >= 15 is 0 Å². The molecular weight excluding hydrogens is 446 g/mol. The average molecular weight is 479 g/mol. The highest BCUT2D eigenvalue weighted by Crippen LogP contribution is 2.33. The Kier molecular flexibility index (Phi) is 9.06. The van der Waals surface area contributed by atoms with Crippen molar-refractivity contribution in [2.75, 3.05) is 39.5 Å². The number of fused-ring (bicyclic) bond motifs is 1. The Morgan fingerprint density at radius 3 is 2.62 bits per heavy atom. The first-order valence-corrected chi connectivity index (χ1v) is 11.1. The van der Waals surface area contributed by atoms with Crippen molar-refractivity contribution in [1.82, 2.24) is 10.2 Å². The van der Waals surface area contributed by atoms with Gasteiger partial charge in [0.1, 0.15) is 37.1 Å². The van der Waals surface area contributed by atoms with E-state index in [9.17, 15) is 18.7 Å². The third-order valence-corrected chi connectivity index (χ3v) is 5.72. The van der Waals surface area contributed by atoms with Gasteiger partial charge in [-0.1, -0.05) is 13.5 Å². The van der Waals surface area contributed by atoms with Crippen molar-refractivity contribution in [1.29, 1.82) is 0 Å². The fourth-order valence-electron chi connectivity index (χ4n) is 4.00. The number of aliphatic hydroxyl groups is 1. The topological polar surface area (TPSA) is 80.3 Å². The smallest absolute Gasteiger partial charge is 0.223 e. The van der Waals surface area contributed by atoms with Crippen LogP contribution in [-0.4, -0.2) is 67.6 Å². The molecule has 2 N–H and O–H groups in total. The summed E-state index contributed by atoms with van der Waals surface area (Å²) in [6.45, 7) is 2.13. The molecule has 7 nitrogen and oxygen atoms in total. The van der Waals surface area contributed by atoms with Crippen LogP contribution in [0.5, 0.6) is 17.2 Å². The van der Waals surface area contributed by atoms with Gasteiger partial charge in [0, 0.05) is 19.6 Å². The Labute approximate surface area is 198 Å². The molecule has 0 saturated carbocycles. The Morgan fingerprint density at radius 1 is 1.18 bits per heavy atom. The van der Waals surface area contributed by atoms with Gasteiger partial charge in [0.2, 0.25) is 5.91 Å². The van der Waals surface area contributed by atoms with Gasteiger partial charge < -0.3 is 24.6 Å². The SMILES string of the molecule is C.O=C(CCOc1ccc(F)cc1)N[C@H](CN1CC[C@@H](F)C1)[C@H](O)c1ccc2c(c1)OCCO2. The van der Waals surface area contributed by atoms with Gasteiger partial charge in [-0.05, 0) is 48.4 Å². The number of halogens is 2. The molecule has 2 aliphatic rings. The van der Waals surface area contributed by atoms with Gasteiger partial charge in [-0.15, -0.1) is 0 Å². The highest BCUT2D eigenvalue weighted by molar-refractivity contribution is 5.76. The summed E-state index contributed by atoms with van der Waals surface area (Å²) < 4.78 is 43.3. The molecular formula is C25H32F2N2O5. The molecule has 186 valence electrons. The molecule has 0 unspecified atom stereocenters. The van der Waals surface area contributed by atoms with Crippen LogP contribution < -0.4 is 19.5 Å². The summed E-state index contributed by atoms with van der Waals surface area (Å²) >= 11 is 0. The number of amides is 1. The number of hydrogen-bond donors (Lipinski definition) is 2. The van der Waals surface area contributed by atoms with Crippen LogP contribution in [0.15, 0.2) is 42.5 Å². The summed E-state index contributed by atoms with van der Waals surface area (Å²) in [6, 6.07) is 10.1. The molecule has 4 rings (SSSR count). The zero-order valence-electron chi connectivity index (χ0n) is 18.2. The molecule has 0 radical (unpaired) electrons. The fraction of sp³-hybridized carbons (Fsp3) is 0.480. The number of nitrogens with one attached hydrogen (secondary N) is 1. The van der Waals surface area contributed by atoms with Crippen molar-refractivity contribution in [2.45, 2.75) is 38.6 Å². The highest BCUT2D eigenvalue weighted by atomic mass is 19.1. The molecule has 0 aliphatic carbocycles. The van der Waals surface area contributed by atoms with Crippen molar-refractivity contribution in [2.24, 2.45) is 0 Å². The summed E-state index contributed by atoms with van der Waals surface area (Å²) in [5, 5.41) is 14.0. The van der Waals surface area contributed by atoms with Gasteiger partial charge in [0.15, 0.2) is 11.5 Å². The van der Waals surface area contributed by atoms with Crippen molar-refractivity contribution < 1.29 is 32.9 Å². The highest BCUT2D eigenvalue weighted by Gasteiger charge is 2.30. The second-order valence-electron chi connectivity index (χ2n) is 8.22.